The van der Waals surface area contributed by atoms with Crippen LogP contribution in [0.5, 0.6) is 11.5 Å². The second-order valence-electron chi connectivity index (χ2n) is 3.61. The largest absolute Gasteiger partial charge is 0.493 e. The Kier molecular flexibility index (Phi) is 4.73. The number of ether oxygens (including phenoxy) is 3. The molecule has 0 atom stereocenters. The van der Waals surface area contributed by atoms with E-state index in [0.29, 0.717) is 5.75 Å². The van der Waals surface area contributed by atoms with Crippen LogP contribution < -0.4 is 14.6 Å². The molecule has 0 saturated carbocycles. The van der Waals surface area contributed by atoms with E-state index in [4.69, 9.17) is 14.6 Å². The third-order valence-electron chi connectivity index (χ3n) is 2.44. The SMILES string of the molecule is COC(=O)Cc1cc(OC)c(OC)cc1S(N)(=O)=O. The molecule has 0 aliphatic rings. The highest BCUT2D eigenvalue weighted by atomic mass is 32.2. The zero-order valence-corrected chi connectivity index (χ0v) is 11.6. The fourth-order valence-electron chi connectivity index (χ4n) is 1.53. The normalized spacial score (nSPS) is 10.9. The molecule has 19 heavy (non-hydrogen) atoms. The van der Waals surface area contributed by atoms with Gasteiger partial charge in [-0.1, -0.05) is 0 Å². The minimum absolute atomic E-state index is 0.187. The number of rotatable bonds is 5. The molecule has 1 rings (SSSR count). The van der Waals surface area contributed by atoms with Crippen molar-refractivity contribution in [1.29, 1.82) is 0 Å². The van der Waals surface area contributed by atoms with Crippen LogP contribution in [0.25, 0.3) is 0 Å². The summed E-state index contributed by atoms with van der Waals surface area (Å²) in [7, 11) is -0.0152. The van der Waals surface area contributed by atoms with Gasteiger partial charge in [-0.2, -0.15) is 0 Å². The van der Waals surface area contributed by atoms with Crippen LogP contribution in [-0.2, 0) is 26.0 Å². The Bertz CT molecular complexity index is 581. The smallest absolute Gasteiger partial charge is 0.310 e. The fraction of sp³-hybridized carbons (Fsp3) is 0.364. The number of benzene rings is 1. The summed E-state index contributed by atoms with van der Waals surface area (Å²) in [6.07, 6.45) is -0.234. The summed E-state index contributed by atoms with van der Waals surface area (Å²) < 4.78 is 37.6. The van der Waals surface area contributed by atoms with Crippen molar-refractivity contribution in [2.24, 2.45) is 5.14 Å². The van der Waals surface area contributed by atoms with E-state index in [-0.39, 0.29) is 22.6 Å². The highest BCUT2D eigenvalue weighted by Crippen LogP contribution is 2.32. The quantitative estimate of drug-likeness (QED) is 0.769. The maximum absolute atomic E-state index is 11.5. The monoisotopic (exact) mass is 289 g/mol. The first kappa shape index (κ1) is 15.3. The number of primary sulfonamides is 1. The van der Waals surface area contributed by atoms with Crippen molar-refractivity contribution >= 4 is 16.0 Å². The van der Waals surface area contributed by atoms with Crippen molar-refractivity contribution in [1.82, 2.24) is 0 Å². The minimum atomic E-state index is -3.99. The zero-order chi connectivity index (χ0) is 14.6. The van der Waals surface area contributed by atoms with E-state index < -0.39 is 16.0 Å². The molecular formula is C11H15NO6S. The second kappa shape index (κ2) is 5.89. The molecule has 0 spiro atoms. The second-order valence-corrected chi connectivity index (χ2v) is 5.14. The first-order valence-corrected chi connectivity index (χ1v) is 6.72. The average molecular weight is 289 g/mol. The van der Waals surface area contributed by atoms with E-state index in [1.807, 2.05) is 0 Å². The molecular weight excluding hydrogens is 274 g/mol. The van der Waals surface area contributed by atoms with Crippen molar-refractivity contribution in [2.45, 2.75) is 11.3 Å². The van der Waals surface area contributed by atoms with Gasteiger partial charge >= 0.3 is 5.97 Å². The molecule has 106 valence electrons. The van der Waals surface area contributed by atoms with E-state index in [0.717, 1.165) is 0 Å². The lowest BCUT2D eigenvalue weighted by atomic mass is 10.1. The number of methoxy groups -OCH3 is 3. The van der Waals surface area contributed by atoms with Gasteiger partial charge in [-0.05, 0) is 11.6 Å². The maximum atomic E-state index is 11.5. The molecule has 2 N–H and O–H groups in total. The zero-order valence-electron chi connectivity index (χ0n) is 10.8. The fourth-order valence-corrected chi connectivity index (χ4v) is 2.30. The van der Waals surface area contributed by atoms with Gasteiger partial charge in [-0.15, -0.1) is 0 Å². The van der Waals surface area contributed by atoms with Gasteiger partial charge in [0.2, 0.25) is 10.0 Å². The third kappa shape index (κ3) is 3.58. The van der Waals surface area contributed by atoms with Gasteiger partial charge in [-0.3, -0.25) is 4.79 Å². The first-order valence-electron chi connectivity index (χ1n) is 5.18. The predicted molar refractivity (Wildman–Crippen MR) is 66.6 cm³/mol. The van der Waals surface area contributed by atoms with E-state index >= 15 is 0 Å². The van der Waals surface area contributed by atoms with Gasteiger partial charge < -0.3 is 14.2 Å². The molecule has 0 aliphatic heterocycles. The van der Waals surface area contributed by atoms with Gasteiger partial charge in [0.1, 0.15) is 0 Å². The number of nitrogens with two attached hydrogens (primary N) is 1. The summed E-state index contributed by atoms with van der Waals surface area (Å²) in [6, 6.07) is 2.60. The Balaban J connectivity index is 3.45. The van der Waals surface area contributed by atoms with Crippen molar-refractivity contribution in [3.8, 4) is 11.5 Å². The number of sulfonamides is 1. The summed E-state index contributed by atoms with van der Waals surface area (Å²) in [6.45, 7) is 0. The molecule has 8 heteroatoms. The van der Waals surface area contributed by atoms with Crippen LogP contribution in [-0.4, -0.2) is 35.7 Å². The van der Waals surface area contributed by atoms with Crippen LogP contribution in [0.2, 0.25) is 0 Å². The Morgan fingerprint density at radius 3 is 2.11 bits per heavy atom. The van der Waals surface area contributed by atoms with Gasteiger partial charge in [0.15, 0.2) is 11.5 Å². The average Bonchev–Trinajstić information content (AvgIpc) is 2.36. The number of hydrogen-bond acceptors (Lipinski definition) is 6. The molecule has 1 aromatic rings. The lowest BCUT2D eigenvalue weighted by Gasteiger charge is -2.13. The van der Waals surface area contributed by atoms with E-state index in [1.165, 1.54) is 33.5 Å². The van der Waals surface area contributed by atoms with Crippen LogP contribution in [0.1, 0.15) is 5.56 Å². The van der Waals surface area contributed by atoms with E-state index in [9.17, 15) is 13.2 Å². The first-order chi connectivity index (χ1) is 8.83. The van der Waals surface area contributed by atoms with Crippen molar-refractivity contribution < 1.29 is 27.4 Å². The topological polar surface area (TPSA) is 105 Å². The standard InChI is InChI=1S/C11H15NO6S/c1-16-8-4-7(5-11(13)18-3)10(19(12,14)15)6-9(8)17-2/h4,6H,5H2,1-3H3,(H2,12,14,15). The highest BCUT2D eigenvalue weighted by molar-refractivity contribution is 7.89. The van der Waals surface area contributed by atoms with Gasteiger partial charge in [0.05, 0.1) is 32.6 Å². The summed E-state index contributed by atoms with van der Waals surface area (Å²) in [5, 5.41) is 5.11. The summed E-state index contributed by atoms with van der Waals surface area (Å²) >= 11 is 0. The van der Waals surface area contributed by atoms with Crippen molar-refractivity contribution in [2.75, 3.05) is 21.3 Å². The maximum Gasteiger partial charge on any atom is 0.310 e. The number of hydrogen-bond donors (Lipinski definition) is 1. The molecule has 0 fully saturated rings. The molecule has 0 unspecified atom stereocenters. The molecule has 7 nitrogen and oxygen atoms in total. The van der Waals surface area contributed by atoms with E-state index in [1.54, 1.807) is 0 Å². The van der Waals surface area contributed by atoms with Crippen LogP contribution in [0.3, 0.4) is 0 Å². The molecule has 0 aliphatic carbocycles. The van der Waals surface area contributed by atoms with E-state index in [2.05, 4.69) is 4.74 Å². The number of carbonyl (C=O) groups is 1. The molecule has 0 amide bonds. The molecule has 0 heterocycles. The Morgan fingerprint density at radius 2 is 1.68 bits per heavy atom. The van der Waals surface area contributed by atoms with Crippen LogP contribution in [0.15, 0.2) is 17.0 Å². The van der Waals surface area contributed by atoms with Crippen LogP contribution in [0, 0.1) is 0 Å². The van der Waals surface area contributed by atoms with Gasteiger partial charge in [0, 0.05) is 6.07 Å². The number of carbonyl (C=O) groups excluding carboxylic acids is 1. The minimum Gasteiger partial charge on any atom is -0.493 e. The van der Waals surface area contributed by atoms with Gasteiger partial charge in [0.25, 0.3) is 0 Å². The summed E-state index contributed by atoms with van der Waals surface area (Å²) in [4.78, 5) is 11.1. The van der Waals surface area contributed by atoms with Crippen LogP contribution >= 0.6 is 0 Å². The Hall–Kier alpha value is -1.80. The highest BCUT2D eigenvalue weighted by Gasteiger charge is 2.20. The summed E-state index contributed by atoms with van der Waals surface area (Å²) in [5.41, 5.74) is 0.187. The molecule has 0 bridgehead atoms. The molecule has 0 radical (unpaired) electrons. The van der Waals surface area contributed by atoms with Crippen molar-refractivity contribution in [3.05, 3.63) is 17.7 Å². The Morgan fingerprint density at radius 1 is 1.16 bits per heavy atom. The lowest BCUT2D eigenvalue weighted by molar-refractivity contribution is -0.139. The lowest BCUT2D eigenvalue weighted by Crippen LogP contribution is -2.17. The molecule has 0 aromatic heterocycles. The van der Waals surface area contributed by atoms with Gasteiger partial charge in [-0.25, -0.2) is 13.6 Å². The summed E-state index contributed by atoms with van der Waals surface area (Å²) in [5.74, 6) is -0.0777. The third-order valence-corrected chi connectivity index (χ3v) is 3.43. The molecule has 1 aromatic carbocycles. The molecule has 0 saturated heterocycles. The Labute approximate surface area is 111 Å². The van der Waals surface area contributed by atoms with Crippen LogP contribution in [0.4, 0.5) is 0 Å². The number of esters is 1. The van der Waals surface area contributed by atoms with Crippen molar-refractivity contribution in [3.63, 3.8) is 0 Å². The predicted octanol–water partition coefficient (Wildman–Crippen LogP) is 0.0667.